The minimum atomic E-state index is 0.0433. The number of carbonyl (C=O) groups excluding carboxylic acids is 1. The molecule has 1 fully saturated rings. The molecule has 0 aromatic heterocycles. The van der Waals surface area contributed by atoms with Crippen molar-refractivity contribution < 1.29 is 4.79 Å². The van der Waals surface area contributed by atoms with Crippen molar-refractivity contribution in [2.24, 2.45) is 10.7 Å². The maximum absolute atomic E-state index is 11.7. The maximum atomic E-state index is 11.7. The van der Waals surface area contributed by atoms with Crippen LogP contribution in [0, 0.1) is 0 Å². The van der Waals surface area contributed by atoms with Gasteiger partial charge in [-0.2, -0.15) is 0 Å². The second-order valence-electron chi connectivity index (χ2n) is 3.80. The van der Waals surface area contributed by atoms with Gasteiger partial charge in [-0.05, 0) is 20.3 Å². The Hall–Kier alpha value is -0.430. The second kappa shape index (κ2) is 6.34. The van der Waals surface area contributed by atoms with Crippen molar-refractivity contribution in [3.63, 3.8) is 0 Å². The number of likely N-dealkylation sites (tertiary alicyclic amines) is 1. The summed E-state index contributed by atoms with van der Waals surface area (Å²) in [5, 5.41) is 0. The van der Waals surface area contributed by atoms with Gasteiger partial charge in [0.25, 0.3) is 0 Å². The summed E-state index contributed by atoms with van der Waals surface area (Å²) in [6.45, 7) is 4.30. The van der Waals surface area contributed by atoms with E-state index in [1.165, 1.54) is 0 Å². The molecule has 0 aromatic carbocycles. The summed E-state index contributed by atoms with van der Waals surface area (Å²) in [5.74, 6) is 0.841. The van der Waals surface area contributed by atoms with E-state index in [0.29, 0.717) is 18.8 Å². The predicted octanol–water partition coefficient (Wildman–Crippen LogP) is 1.69. The van der Waals surface area contributed by atoms with E-state index in [1.807, 2.05) is 26.0 Å². The number of amides is 1. The van der Waals surface area contributed by atoms with Gasteiger partial charge in [-0.3, -0.25) is 14.7 Å². The van der Waals surface area contributed by atoms with Crippen molar-refractivity contribution in [3.8, 4) is 0 Å². The van der Waals surface area contributed by atoms with E-state index in [0.717, 1.165) is 6.42 Å². The van der Waals surface area contributed by atoms with Gasteiger partial charge in [0.2, 0.25) is 5.91 Å². The number of alkyl halides is 1. The van der Waals surface area contributed by atoms with Gasteiger partial charge in [0, 0.05) is 12.5 Å². The first-order valence-electron chi connectivity index (χ1n) is 5.45. The fourth-order valence-electron chi connectivity index (χ4n) is 1.78. The summed E-state index contributed by atoms with van der Waals surface area (Å²) in [4.78, 5) is 17.9. The van der Waals surface area contributed by atoms with E-state index in [-0.39, 0.29) is 16.0 Å². The van der Waals surface area contributed by atoms with Crippen molar-refractivity contribution >= 4 is 34.3 Å². The fourth-order valence-corrected chi connectivity index (χ4v) is 2.52. The Morgan fingerprint density at radius 2 is 2.50 bits per heavy atom. The van der Waals surface area contributed by atoms with Crippen LogP contribution < -0.4 is 5.73 Å². The van der Waals surface area contributed by atoms with Crippen LogP contribution in [0.15, 0.2) is 17.1 Å². The Bertz CT molecular complexity index is 314. The van der Waals surface area contributed by atoms with Crippen LogP contribution in [0.5, 0.6) is 0 Å². The molecule has 2 N–H and O–H groups in total. The number of hydrogen-bond donors (Lipinski definition) is 1. The third-order valence-electron chi connectivity index (χ3n) is 2.57. The number of allylic oxidation sites excluding steroid dienone is 1. The highest BCUT2D eigenvalue weighted by Crippen LogP contribution is 2.19. The monoisotopic (exact) mass is 335 g/mol. The number of halogens is 1. The summed E-state index contributed by atoms with van der Waals surface area (Å²) in [6, 6.07) is 0.226. The van der Waals surface area contributed by atoms with E-state index < -0.39 is 0 Å². The zero-order valence-corrected chi connectivity index (χ0v) is 11.8. The molecule has 1 saturated heterocycles. The standard InChI is InChI=1S/C11H18IN3O/c1-3-4-9(12)14-10(7-13)15-8(2)5-6-11(15)16/h3-4,8-9H,5-7,13H2,1-2H3/b4-3+,14-10?/t8-,9?/m0/s1. The van der Waals surface area contributed by atoms with Crippen molar-refractivity contribution in [3.05, 3.63) is 12.2 Å². The molecule has 1 amide bonds. The zero-order chi connectivity index (χ0) is 12.1. The Labute approximate surface area is 110 Å². The molecule has 0 radical (unpaired) electrons. The maximum Gasteiger partial charge on any atom is 0.228 e. The van der Waals surface area contributed by atoms with Crippen molar-refractivity contribution in [1.29, 1.82) is 0 Å². The largest absolute Gasteiger partial charge is 0.324 e. The van der Waals surface area contributed by atoms with Crippen LogP contribution >= 0.6 is 22.6 Å². The number of rotatable bonds is 3. The minimum Gasteiger partial charge on any atom is -0.324 e. The molecular weight excluding hydrogens is 317 g/mol. The molecule has 1 heterocycles. The minimum absolute atomic E-state index is 0.0433. The van der Waals surface area contributed by atoms with Crippen molar-refractivity contribution in [2.45, 2.75) is 36.8 Å². The lowest BCUT2D eigenvalue weighted by Crippen LogP contribution is -2.41. The van der Waals surface area contributed by atoms with Gasteiger partial charge in [0.15, 0.2) is 0 Å². The van der Waals surface area contributed by atoms with E-state index >= 15 is 0 Å². The lowest BCUT2D eigenvalue weighted by molar-refractivity contribution is -0.125. The number of amidine groups is 1. The van der Waals surface area contributed by atoms with E-state index in [2.05, 4.69) is 27.6 Å². The lowest BCUT2D eigenvalue weighted by atomic mass is 10.2. The Morgan fingerprint density at radius 1 is 1.81 bits per heavy atom. The molecule has 1 aliphatic heterocycles. The first kappa shape index (κ1) is 13.6. The molecule has 1 rings (SSSR count). The predicted molar refractivity (Wildman–Crippen MR) is 74.7 cm³/mol. The first-order valence-corrected chi connectivity index (χ1v) is 6.70. The van der Waals surface area contributed by atoms with Crippen LogP contribution in [-0.4, -0.2) is 33.3 Å². The highest BCUT2D eigenvalue weighted by Gasteiger charge is 2.30. The number of carbonyl (C=O) groups is 1. The van der Waals surface area contributed by atoms with E-state index in [4.69, 9.17) is 5.73 Å². The third-order valence-corrected chi connectivity index (χ3v) is 3.26. The molecule has 16 heavy (non-hydrogen) atoms. The van der Waals surface area contributed by atoms with Crippen molar-refractivity contribution in [1.82, 2.24) is 4.90 Å². The van der Waals surface area contributed by atoms with Crippen LogP contribution in [-0.2, 0) is 4.79 Å². The van der Waals surface area contributed by atoms with Gasteiger partial charge >= 0.3 is 0 Å². The lowest BCUT2D eigenvalue weighted by Gasteiger charge is -2.23. The average molecular weight is 335 g/mol. The summed E-state index contributed by atoms with van der Waals surface area (Å²) in [6.07, 6.45) is 5.43. The molecule has 0 saturated carbocycles. The molecule has 0 aromatic rings. The van der Waals surface area contributed by atoms with E-state index in [1.54, 1.807) is 4.90 Å². The molecule has 0 bridgehead atoms. The average Bonchev–Trinajstić information content (AvgIpc) is 2.56. The molecule has 0 aliphatic carbocycles. The summed E-state index contributed by atoms with van der Waals surface area (Å²) in [5.41, 5.74) is 5.67. The summed E-state index contributed by atoms with van der Waals surface area (Å²) >= 11 is 2.21. The van der Waals surface area contributed by atoms with Crippen LogP contribution in [0.2, 0.25) is 0 Å². The molecule has 2 atom stereocenters. The topological polar surface area (TPSA) is 58.7 Å². The van der Waals surface area contributed by atoms with Gasteiger partial charge in [-0.25, -0.2) is 0 Å². The quantitative estimate of drug-likeness (QED) is 0.213. The zero-order valence-electron chi connectivity index (χ0n) is 9.69. The highest BCUT2D eigenvalue weighted by molar-refractivity contribution is 14.1. The molecular formula is C11H18IN3O. The van der Waals surface area contributed by atoms with Gasteiger partial charge in [-0.1, -0.05) is 34.7 Å². The molecule has 5 heteroatoms. The SMILES string of the molecule is C/C=C/C(I)N=C(CN)N1C(=O)CC[C@@H]1C. The smallest absolute Gasteiger partial charge is 0.228 e. The summed E-state index contributed by atoms with van der Waals surface area (Å²) in [7, 11) is 0. The molecule has 90 valence electrons. The van der Waals surface area contributed by atoms with Gasteiger partial charge in [0.05, 0.1) is 6.54 Å². The first-order chi connectivity index (χ1) is 7.60. The van der Waals surface area contributed by atoms with Gasteiger partial charge in [-0.15, -0.1) is 0 Å². The summed E-state index contributed by atoms with van der Waals surface area (Å²) < 4.78 is 0.0433. The Kier molecular flexibility index (Phi) is 5.40. The van der Waals surface area contributed by atoms with Crippen LogP contribution in [0.1, 0.15) is 26.7 Å². The Morgan fingerprint density at radius 3 is 2.94 bits per heavy atom. The van der Waals surface area contributed by atoms with E-state index in [9.17, 15) is 4.79 Å². The second-order valence-corrected chi connectivity index (χ2v) is 5.08. The molecule has 0 spiro atoms. The number of nitrogens with zero attached hydrogens (tertiary/aromatic N) is 2. The van der Waals surface area contributed by atoms with Crippen molar-refractivity contribution in [2.75, 3.05) is 6.54 Å². The molecule has 4 nitrogen and oxygen atoms in total. The molecule has 1 unspecified atom stereocenters. The van der Waals surface area contributed by atoms with Crippen LogP contribution in [0.25, 0.3) is 0 Å². The normalized spacial score (nSPS) is 24.5. The number of nitrogens with two attached hydrogens (primary N) is 1. The highest BCUT2D eigenvalue weighted by atomic mass is 127. The van der Waals surface area contributed by atoms with Crippen LogP contribution in [0.4, 0.5) is 0 Å². The third kappa shape index (κ3) is 3.28. The fraction of sp³-hybridized carbons (Fsp3) is 0.636. The van der Waals surface area contributed by atoms with Gasteiger partial charge in [0.1, 0.15) is 9.88 Å². The molecule has 1 aliphatic rings. The number of hydrogen-bond acceptors (Lipinski definition) is 3. The Balaban J connectivity index is 2.84. The number of aliphatic imine (C=N–C) groups is 1. The van der Waals surface area contributed by atoms with Crippen LogP contribution in [0.3, 0.4) is 0 Å². The van der Waals surface area contributed by atoms with Gasteiger partial charge < -0.3 is 5.73 Å².